The van der Waals surface area contributed by atoms with E-state index in [1.807, 2.05) is 14.0 Å². The number of ether oxygens (including phenoxy) is 2. The third-order valence-corrected chi connectivity index (χ3v) is 4.45. The van der Waals surface area contributed by atoms with Crippen LogP contribution in [0.4, 0.5) is 5.69 Å². The van der Waals surface area contributed by atoms with Gasteiger partial charge in [-0.05, 0) is 45.5 Å². The lowest BCUT2D eigenvalue weighted by molar-refractivity contribution is -0.121. The van der Waals surface area contributed by atoms with Gasteiger partial charge in [0.1, 0.15) is 11.5 Å². The maximum Gasteiger partial charge on any atom is 0.241 e. The number of hydrogen-bond donors (Lipinski definition) is 2. The zero-order chi connectivity index (χ0) is 16.8. The lowest BCUT2D eigenvalue weighted by Crippen LogP contribution is -2.51. The number of likely N-dealkylation sites (N-methyl/N-ethyl adjacent to an activating group) is 1. The van der Waals surface area contributed by atoms with Gasteiger partial charge in [0.2, 0.25) is 5.91 Å². The van der Waals surface area contributed by atoms with Crippen LogP contribution in [0.1, 0.15) is 19.8 Å². The number of hydrogen-bond acceptors (Lipinski definition) is 5. The van der Waals surface area contributed by atoms with E-state index in [1.54, 1.807) is 32.4 Å². The smallest absolute Gasteiger partial charge is 0.241 e. The summed E-state index contributed by atoms with van der Waals surface area (Å²) in [6, 6.07) is 5.63. The Morgan fingerprint density at radius 2 is 2.08 bits per heavy atom. The second-order valence-corrected chi connectivity index (χ2v) is 5.85. The minimum absolute atomic E-state index is 0. The van der Waals surface area contributed by atoms with Crippen molar-refractivity contribution in [3.63, 3.8) is 0 Å². The highest BCUT2D eigenvalue weighted by Crippen LogP contribution is 2.29. The van der Waals surface area contributed by atoms with Gasteiger partial charge in [0.15, 0.2) is 0 Å². The fourth-order valence-corrected chi connectivity index (χ4v) is 2.91. The lowest BCUT2D eigenvalue weighted by Gasteiger charge is -2.36. The molecule has 1 amide bonds. The van der Waals surface area contributed by atoms with E-state index in [4.69, 9.17) is 9.47 Å². The molecule has 2 N–H and O–H groups in total. The molecule has 0 spiro atoms. The second kappa shape index (κ2) is 9.71. The summed E-state index contributed by atoms with van der Waals surface area (Å²) in [5.41, 5.74) is 0.630. The molecule has 0 radical (unpaired) electrons. The molecular weight excluding hydrogens is 330 g/mol. The van der Waals surface area contributed by atoms with Crippen LogP contribution in [-0.2, 0) is 4.79 Å². The standard InChI is InChI=1S/C17H27N3O3.ClH/c1-12(20-9-5-6-13(11-20)18-2)17(21)19-15-10-14(22-3)7-8-16(15)23-4;/h7-8,10,12-13,18H,5-6,9,11H2,1-4H3,(H,19,21);1H. The molecule has 0 bridgehead atoms. The van der Waals surface area contributed by atoms with Crippen molar-refractivity contribution in [3.05, 3.63) is 18.2 Å². The summed E-state index contributed by atoms with van der Waals surface area (Å²) in [7, 11) is 5.16. The Labute approximate surface area is 150 Å². The molecule has 136 valence electrons. The number of amides is 1. The average Bonchev–Trinajstić information content (AvgIpc) is 2.60. The van der Waals surface area contributed by atoms with E-state index in [1.165, 1.54) is 0 Å². The number of carbonyl (C=O) groups is 1. The molecule has 2 rings (SSSR count). The average molecular weight is 358 g/mol. The maximum absolute atomic E-state index is 12.6. The van der Waals surface area contributed by atoms with Gasteiger partial charge < -0.3 is 20.1 Å². The molecule has 0 aliphatic carbocycles. The van der Waals surface area contributed by atoms with Crippen molar-refractivity contribution >= 4 is 24.0 Å². The second-order valence-electron chi connectivity index (χ2n) is 5.85. The van der Waals surface area contributed by atoms with Crippen molar-refractivity contribution in [2.24, 2.45) is 0 Å². The molecule has 1 fully saturated rings. The van der Waals surface area contributed by atoms with Crippen LogP contribution < -0.4 is 20.1 Å². The van der Waals surface area contributed by atoms with Gasteiger partial charge in [0.25, 0.3) is 0 Å². The first-order valence-corrected chi connectivity index (χ1v) is 8.03. The predicted molar refractivity (Wildman–Crippen MR) is 98.5 cm³/mol. The van der Waals surface area contributed by atoms with Crippen LogP contribution in [0.15, 0.2) is 18.2 Å². The summed E-state index contributed by atoms with van der Waals surface area (Å²) in [5, 5.41) is 6.26. The topological polar surface area (TPSA) is 62.8 Å². The van der Waals surface area contributed by atoms with Crippen LogP contribution in [0.2, 0.25) is 0 Å². The molecule has 2 unspecified atom stereocenters. The Balaban J connectivity index is 0.00000288. The van der Waals surface area contributed by atoms with Gasteiger partial charge in [0.05, 0.1) is 25.9 Å². The van der Waals surface area contributed by atoms with Gasteiger partial charge in [-0.25, -0.2) is 0 Å². The molecule has 7 heteroatoms. The molecule has 6 nitrogen and oxygen atoms in total. The Morgan fingerprint density at radius 3 is 2.71 bits per heavy atom. The van der Waals surface area contributed by atoms with Crippen molar-refractivity contribution < 1.29 is 14.3 Å². The van der Waals surface area contributed by atoms with Crippen molar-refractivity contribution in [1.29, 1.82) is 0 Å². The summed E-state index contributed by atoms with van der Waals surface area (Å²) in [4.78, 5) is 14.8. The first-order chi connectivity index (χ1) is 11.1. The van der Waals surface area contributed by atoms with Crippen molar-refractivity contribution in [1.82, 2.24) is 10.2 Å². The molecule has 1 heterocycles. The Morgan fingerprint density at radius 1 is 1.33 bits per heavy atom. The monoisotopic (exact) mass is 357 g/mol. The molecule has 1 saturated heterocycles. The molecule has 0 aromatic heterocycles. The number of carbonyl (C=O) groups excluding carboxylic acids is 1. The van der Waals surface area contributed by atoms with Crippen LogP contribution in [0, 0.1) is 0 Å². The number of likely N-dealkylation sites (tertiary alicyclic amines) is 1. The molecular formula is C17H28ClN3O3. The minimum Gasteiger partial charge on any atom is -0.497 e. The van der Waals surface area contributed by atoms with E-state index < -0.39 is 0 Å². The highest BCUT2D eigenvalue weighted by molar-refractivity contribution is 5.96. The number of rotatable bonds is 6. The fourth-order valence-electron chi connectivity index (χ4n) is 2.91. The van der Waals surface area contributed by atoms with Crippen LogP contribution in [0.25, 0.3) is 0 Å². The Kier molecular flexibility index (Phi) is 8.31. The first-order valence-electron chi connectivity index (χ1n) is 8.03. The molecule has 1 aliphatic heterocycles. The zero-order valence-corrected chi connectivity index (χ0v) is 15.6. The zero-order valence-electron chi connectivity index (χ0n) is 14.8. The third-order valence-electron chi connectivity index (χ3n) is 4.45. The van der Waals surface area contributed by atoms with Crippen LogP contribution >= 0.6 is 12.4 Å². The lowest BCUT2D eigenvalue weighted by atomic mass is 10.0. The minimum atomic E-state index is -0.193. The number of halogens is 1. The summed E-state index contributed by atoms with van der Waals surface area (Å²) in [5.74, 6) is 1.27. The summed E-state index contributed by atoms with van der Waals surface area (Å²) in [6.07, 6.45) is 2.26. The van der Waals surface area contributed by atoms with E-state index >= 15 is 0 Å². The number of methoxy groups -OCH3 is 2. The number of anilines is 1. The van der Waals surface area contributed by atoms with E-state index in [0.717, 1.165) is 25.9 Å². The van der Waals surface area contributed by atoms with E-state index in [0.29, 0.717) is 23.2 Å². The van der Waals surface area contributed by atoms with E-state index in [-0.39, 0.29) is 24.4 Å². The fraction of sp³-hybridized carbons (Fsp3) is 0.588. The largest absolute Gasteiger partial charge is 0.497 e. The van der Waals surface area contributed by atoms with Gasteiger partial charge in [-0.1, -0.05) is 0 Å². The molecule has 1 aromatic carbocycles. The van der Waals surface area contributed by atoms with Gasteiger partial charge >= 0.3 is 0 Å². The number of nitrogens with zero attached hydrogens (tertiary/aromatic N) is 1. The number of nitrogens with one attached hydrogen (secondary N) is 2. The quantitative estimate of drug-likeness (QED) is 0.816. The highest BCUT2D eigenvalue weighted by atomic mass is 35.5. The van der Waals surface area contributed by atoms with Crippen LogP contribution in [0.5, 0.6) is 11.5 Å². The summed E-state index contributed by atoms with van der Waals surface area (Å²) >= 11 is 0. The van der Waals surface area contributed by atoms with Crippen molar-refractivity contribution in [3.8, 4) is 11.5 Å². The van der Waals surface area contributed by atoms with Gasteiger partial charge in [-0.3, -0.25) is 9.69 Å². The molecule has 24 heavy (non-hydrogen) atoms. The van der Waals surface area contributed by atoms with Gasteiger partial charge in [-0.2, -0.15) is 0 Å². The summed E-state index contributed by atoms with van der Waals surface area (Å²) < 4.78 is 10.5. The predicted octanol–water partition coefficient (Wildman–Crippen LogP) is 2.14. The normalized spacial score (nSPS) is 19.1. The molecule has 1 aromatic rings. The molecule has 2 atom stereocenters. The highest BCUT2D eigenvalue weighted by Gasteiger charge is 2.27. The summed E-state index contributed by atoms with van der Waals surface area (Å²) in [6.45, 7) is 3.78. The first kappa shape index (κ1) is 20.5. The van der Waals surface area contributed by atoms with Crippen molar-refractivity contribution in [2.75, 3.05) is 39.7 Å². The third kappa shape index (κ3) is 5.00. The van der Waals surface area contributed by atoms with Crippen LogP contribution in [0.3, 0.4) is 0 Å². The van der Waals surface area contributed by atoms with E-state index in [2.05, 4.69) is 15.5 Å². The van der Waals surface area contributed by atoms with Crippen LogP contribution in [-0.4, -0.2) is 57.2 Å². The van der Waals surface area contributed by atoms with Crippen molar-refractivity contribution in [2.45, 2.75) is 31.8 Å². The maximum atomic E-state index is 12.6. The number of piperidine rings is 1. The molecule has 0 saturated carbocycles. The number of benzene rings is 1. The Hall–Kier alpha value is -1.50. The SMILES string of the molecule is CNC1CCCN(C(C)C(=O)Nc2cc(OC)ccc2OC)C1.Cl. The van der Waals surface area contributed by atoms with Gasteiger partial charge in [0, 0.05) is 18.7 Å². The van der Waals surface area contributed by atoms with E-state index in [9.17, 15) is 4.79 Å². The molecule has 1 aliphatic rings. The Bertz CT molecular complexity index is 542. The van der Waals surface area contributed by atoms with Gasteiger partial charge in [-0.15, -0.1) is 12.4 Å².